The summed E-state index contributed by atoms with van der Waals surface area (Å²) in [5.74, 6) is -4.50. The lowest BCUT2D eigenvalue weighted by Gasteiger charge is -2.15. The van der Waals surface area contributed by atoms with Crippen molar-refractivity contribution < 1.29 is 30.0 Å². The topological polar surface area (TPSA) is 115 Å². The van der Waals surface area contributed by atoms with Gasteiger partial charge < -0.3 is 20.4 Å². The first-order valence-electron chi connectivity index (χ1n) is 5.20. The molecule has 6 heteroatoms. The van der Waals surface area contributed by atoms with E-state index in [-0.39, 0.29) is 12.8 Å². The Hall–Kier alpha value is -1.14. The summed E-state index contributed by atoms with van der Waals surface area (Å²) < 4.78 is 0. The van der Waals surface area contributed by atoms with E-state index < -0.39 is 30.1 Å². The van der Waals surface area contributed by atoms with Gasteiger partial charge in [-0.3, -0.25) is 9.59 Å². The molecule has 0 heterocycles. The van der Waals surface area contributed by atoms with Crippen LogP contribution < -0.4 is 0 Å². The molecule has 0 aromatic heterocycles. The predicted molar refractivity (Wildman–Crippen MR) is 54.9 cm³/mol. The van der Waals surface area contributed by atoms with E-state index in [0.29, 0.717) is 12.8 Å². The summed E-state index contributed by atoms with van der Waals surface area (Å²) in [6, 6.07) is 0. The summed E-state index contributed by atoms with van der Waals surface area (Å²) in [7, 11) is 0. The fourth-order valence-corrected chi connectivity index (χ4v) is 1.29. The monoisotopic (exact) mass is 234 g/mol. The van der Waals surface area contributed by atoms with E-state index in [0.717, 1.165) is 0 Å². The van der Waals surface area contributed by atoms with E-state index in [4.69, 9.17) is 10.2 Å². The van der Waals surface area contributed by atoms with Gasteiger partial charge in [0.25, 0.3) is 0 Å². The smallest absolute Gasteiger partial charge is 0.317 e. The molecule has 0 amide bonds. The Morgan fingerprint density at radius 3 is 1.81 bits per heavy atom. The molecule has 16 heavy (non-hydrogen) atoms. The molecule has 6 nitrogen and oxygen atoms in total. The first kappa shape index (κ1) is 14.9. The van der Waals surface area contributed by atoms with Crippen LogP contribution in [0.15, 0.2) is 0 Å². The van der Waals surface area contributed by atoms with Crippen LogP contribution in [0.5, 0.6) is 0 Å². The number of hydrogen-bond acceptors (Lipinski definition) is 4. The molecule has 4 N–H and O–H groups in total. The van der Waals surface area contributed by atoms with Gasteiger partial charge in [-0.1, -0.05) is 6.92 Å². The van der Waals surface area contributed by atoms with Crippen LogP contribution in [0.3, 0.4) is 0 Å². The molecule has 0 fully saturated rings. The molecule has 0 aliphatic heterocycles. The number of rotatable bonds is 8. The maximum absolute atomic E-state index is 10.5. The zero-order valence-electron chi connectivity index (χ0n) is 9.17. The molecule has 0 aromatic carbocycles. The average Bonchev–Trinajstić information content (AvgIpc) is 2.21. The zero-order valence-corrected chi connectivity index (χ0v) is 9.17. The normalized spacial score (nSPS) is 14.8. The van der Waals surface area contributed by atoms with Crippen LogP contribution in [0.1, 0.15) is 32.6 Å². The molecular weight excluding hydrogens is 216 g/mol. The predicted octanol–water partition coefficient (Wildman–Crippen LogP) is 0.0739. The minimum Gasteiger partial charge on any atom is -0.481 e. The molecule has 2 unspecified atom stereocenters. The highest BCUT2D eigenvalue weighted by Crippen LogP contribution is 2.13. The standard InChI is InChI=1S/C10H18O6/c1-2-6(11)3-4-7(12)5-8(9(13)14)10(15)16/h6-8,11-12H,2-5H2,1H3,(H,13,14)(H,15,16). The van der Waals surface area contributed by atoms with Gasteiger partial charge in [0.1, 0.15) is 0 Å². The summed E-state index contributed by atoms with van der Waals surface area (Å²) in [5.41, 5.74) is 0. The Bertz CT molecular complexity index is 225. The van der Waals surface area contributed by atoms with Crippen LogP contribution >= 0.6 is 0 Å². The van der Waals surface area contributed by atoms with Gasteiger partial charge in [-0.2, -0.15) is 0 Å². The number of aliphatic hydroxyl groups excluding tert-OH is 2. The number of carbonyl (C=O) groups is 2. The van der Waals surface area contributed by atoms with Gasteiger partial charge in [-0.25, -0.2) is 0 Å². The highest BCUT2D eigenvalue weighted by atomic mass is 16.4. The van der Waals surface area contributed by atoms with Crippen LogP contribution in [-0.2, 0) is 9.59 Å². The van der Waals surface area contributed by atoms with Gasteiger partial charge in [0.15, 0.2) is 5.92 Å². The van der Waals surface area contributed by atoms with E-state index in [2.05, 4.69) is 0 Å². The largest absolute Gasteiger partial charge is 0.481 e. The van der Waals surface area contributed by atoms with E-state index in [1.807, 2.05) is 0 Å². The number of carboxylic acid groups (broad SMARTS) is 2. The van der Waals surface area contributed by atoms with Crippen LogP contribution in [0.4, 0.5) is 0 Å². The minimum atomic E-state index is -1.59. The molecule has 2 atom stereocenters. The van der Waals surface area contributed by atoms with Gasteiger partial charge in [0, 0.05) is 0 Å². The van der Waals surface area contributed by atoms with Gasteiger partial charge >= 0.3 is 11.9 Å². The maximum atomic E-state index is 10.5. The highest BCUT2D eigenvalue weighted by molar-refractivity contribution is 5.92. The lowest BCUT2D eigenvalue weighted by molar-refractivity contribution is -0.156. The van der Waals surface area contributed by atoms with Crippen LogP contribution in [0.25, 0.3) is 0 Å². The van der Waals surface area contributed by atoms with Gasteiger partial charge in [0.05, 0.1) is 12.2 Å². The zero-order chi connectivity index (χ0) is 12.7. The van der Waals surface area contributed by atoms with Crippen molar-refractivity contribution in [1.82, 2.24) is 0 Å². The molecule has 0 aromatic rings. The number of carboxylic acids is 2. The Morgan fingerprint density at radius 2 is 1.44 bits per heavy atom. The number of aliphatic carboxylic acids is 2. The Kier molecular flexibility index (Phi) is 6.67. The minimum absolute atomic E-state index is 0.200. The van der Waals surface area contributed by atoms with Gasteiger partial charge in [-0.05, 0) is 25.7 Å². The van der Waals surface area contributed by atoms with Crippen molar-refractivity contribution in [2.24, 2.45) is 5.92 Å². The average molecular weight is 234 g/mol. The van der Waals surface area contributed by atoms with Crippen molar-refractivity contribution in [3.8, 4) is 0 Å². The molecule has 0 aliphatic carbocycles. The Labute approximate surface area is 93.5 Å². The van der Waals surface area contributed by atoms with Crippen LogP contribution in [-0.4, -0.2) is 44.6 Å². The molecule has 0 saturated heterocycles. The summed E-state index contributed by atoms with van der Waals surface area (Å²) in [6.45, 7) is 1.79. The van der Waals surface area contributed by atoms with E-state index in [1.54, 1.807) is 6.92 Å². The van der Waals surface area contributed by atoms with Crippen molar-refractivity contribution in [2.45, 2.75) is 44.8 Å². The molecular formula is C10H18O6. The first-order valence-corrected chi connectivity index (χ1v) is 5.20. The van der Waals surface area contributed by atoms with E-state index in [1.165, 1.54) is 0 Å². The third-order valence-electron chi connectivity index (χ3n) is 2.41. The lowest BCUT2D eigenvalue weighted by Crippen LogP contribution is -2.28. The maximum Gasteiger partial charge on any atom is 0.317 e. The second kappa shape index (κ2) is 7.19. The fourth-order valence-electron chi connectivity index (χ4n) is 1.29. The molecule has 0 saturated carbocycles. The summed E-state index contributed by atoms with van der Waals surface area (Å²) in [6.07, 6.45) is -0.800. The van der Waals surface area contributed by atoms with Gasteiger partial charge in [0.2, 0.25) is 0 Å². The Balaban J connectivity index is 4.05. The van der Waals surface area contributed by atoms with Crippen molar-refractivity contribution in [3.05, 3.63) is 0 Å². The molecule has 0 radical (unpaired) electrons. The van der Waals surface area contributed by atoms with Crippen molar-refractivity contribution >= 4 is 11.9 Å². The number of aliphatic hydroxyl groups is 2. The van der Waals surface area contributed by atoms with E-state index >= 15 is 0 Å². The van der Waals surface area contributed by atoms with Gasteiger partial charge in [-0.15, -0.1) is 0 Å². The van der Waals surface area contributed by atoms with Crippen LogP contribution in [0.2, 0.25) is 0 Å². The Morgan fingerprint density at radius 1 is 1.00 bits per heavy atom. The summed E-state index contributed by atoms with van der Waals surface area (Å²) in [5, 5.41) is 35.8. The number of hydrogen-bond donors (Lipinski definition) is 4. The van der Waals surface area contributed by atoms with Crippen molar-refractivity contribution in [2.75, 3.05) is 0 Å². The molecule has 94 valence electrons. The first-order chi connectivity index (χ1) is 7.38. The quantitative estimate of drug-likeness (QED) is 0.442. The third-order valence-corrected chi connectivity index (χ3v) is 2.41. The summed E-state index contributed by atoms with van der Waals surface area (Å²) >= 11 is 0. The second-order valence-electron chi connectivity index (χ2n) is 3.76. The SMILES string of the molecule is CCC(O)CCC(O)CC(C(=O)O)C(=O)O. The molecule has 0 bridgehead atoms. The summed E-state index contributed by atoms with van der Waals surface area (Å²) in [4.78, 5) is 21.1. The highest BCUT2D eigenvalue weighted by Gasteiger charge is 2.28. The van der Waals surface area contributed by atoms with Crippen LogP contribution in [0, 0.1) is 5.92 Å². The molecule has 0 spiro atoms. The second-order valence-corrected chi connectivity index (χ2v) is 3.76. The fraction of sp³-hybridized carbons (Fsp3) is 0.800. The van der Waals surface area contributed by atoms with Crippen molar-refractivity contribution in [1.29, 1.82) is 0 Å². The lowest BCUT2D eigenvalue weighted by atomic mass is 9.97. The van der Waals surface area contributed by atoms with E-state index in [9.17, 15) is 19.8 Å². The molecule has 0 aliphatic rings. The van der Waals surface area contributed by atoms with Crippen molar-refractivity contribution in [3.63, 3.8) is 0 Å². The molecule has 0 rings (SSSR count). The third kappa shape index (κ3) is 5.67.